The van der Waals surface area contributed by atoms with E-state index in [1.54, 1.807) is 31.3 Å². The molecule has 2 aromatic rings. The van der Waals surface area contributed by atoms with E-state index in [4.69, 9.17) is 4.42 Å². The van der Waals surface area contributed by atoms with Crippen molar-refractivity contribution < 1.29 is 13.6 Å². The molecule has 0 bridgehead atoms. The van der Waals surface area contributed by atoms with Gasteiger partial charge in [-0.25, -0.2) is 4.39 Å². The molecule has 1 saturated carbocycles. The Bertz CT molecular complexity index is 858. The first-order valence-corrected chi connectivity index (χ1v) is 10.2. The number of rotatable bonds is 4. The van der Waals surface area contributed by atoms with Crippen LogP contribution < -0.4 is 5.32 Å². The molecule has 1 amide bonds. The molecule has 30 heavy (non-hydrogen) atoms. The molecule has 0 spiro atoms. The minimum Gasteiger partial charge on any atom is -0.459 e. The van der Waals surface area contributed by atoms with Crippen LogP contribution in [0.5, 0.6) is 0 Å². The van der Waals surface area contributed by atoms with Crippen molar-refractivity contribution in [1.29, 1.82) is 0 Å². The molecule has 1 aromatic carbocycles. The Labute approximate surface area is 193 Å². The molecule has 4 rings (SSSR count). The molecule has 1 aromatic heterocycles. The number of hydrogen-bond donors (Lipinski definition) is 1. The molecule has 1 saturated heterocycles. The van der Waals surface area contributed by atoms with Crippen molar-refractivity contribution in [3.63, 3.8) is 0 Å². The van der Waals surface area contributed by atoms with Gasteiger partial charge in [-0.3, -0.25) is 9.79 Å². The predicted octanol–water partition coefficient (Wildman–Crippen LogP) is 3.49. The van der Waals surface area contributed by atoms with Gasteiger partial charge in [-0.2, -0.15) is 0 Å². The smallest absolute Gasteiger partial charge is 0.289 e. The van der Waals surface area contributed by atoms with Gasteiger partial charge in [-0.15, -0.1) is 24.0 Å². The summed E-state index contributed by atoms with van der Waals surface area (Å²) in [7, 11) is 1.79. The molecule has 0 atom stereocenters. The summed E-state index contributed by atoms with van der Waals surface area (Å²) >= 11 is 0. The molecule has 8 heteroatoms. The van der Waals surface area contributed by atoms with E-state index in [2.05, 4.69) is 15.2 Å². The number of amides is 1. The Morgan fingerprint density at radius 1 is 1.13 bits per heavy atom. The number of benzene rings is 1. The van der Waals surface area contributed by atoms with Crippen molar-refractivity contribution in [2.75, 3.05) is 39.8 Å². The number of nitrogens with one attached hydrogen (secondary N) is 1. The molecule has 2 aliphatic rings. The number of furan rings is 1. The van der Waals surface area contributed by atoms with E-state index in [1.165, 1.54) is 18.2 Å². The summed E-state index contributed by atoms with van der Waals surface area (Å²) in [5, 5.41) is 3.53. The van der Waals surface area contributed by atoms with Crippen LogP contribution in [0, 0.1) is 5.82 Å². The normalized spacial score (nSPS) is 18.4. The van der Waals surface area contributed by atoms with Gasteiger partial charge in [0, 0.05) is 45.2 Å². The van der Waals surface area contributed by atoms with Gasteiger partial charge < -0.3 is 19.5 Å². The zero-order chi connectivity index (χ0) is 20.3. The SMILES string of the molecule is CN=C(NCC1(c2ccc(F)cc2)CCC1)N1CCN(C(=O)c2ccco2)CC1.I. The number of guanidine groups is 1. The summed E-state index contributed by atoms with van der Waals surface area (Å²) < 4.78 is 18.5. The van der Waals surface area contributed by atoms with Gasteiger partial charge in [0.25, 0.3) is 5.91 Å². The van der Waals surface area contributed by atoms with Gasteiger partial charge in [0.2, 0.25) is 0 Å². The Morgan fingerprint density at radius 3 is 2.33 bits per heavy atom. The molecule has 2 heterocycles. The number of halogens is 2. The Hall–Kier alpha value is -2.10. The lowest BCUT2D eigenvalue weighted by atomic mass is 9.64. The highest BCUT2D eigenvalue weighted by Crippen LogP contribution is 2.43. The zero-order valence-corrected chi connectivity index (χ0v) is 19.5. The van der Waals surface area contributed by atoms with Crippen molar-refractivity contribution in [2.45, 2.75) is 24.7 Å². The molecule has 6 nitrogen and oxygen atoms in total. The van der Waals surface area contributed by atoms with Crippen LogP contribution in [0.1, 0.15) is 35.4 Å². The van der Waals surface area contributed by atoms with Crippen LogP contribution in [0.2, 0.25) is 0 Å². The topological polar surface area (TPSA) is 61.1 Å². The maximum atomic E-state index is 13.3. The molecular formula is C22H28FIN4O2. The Balaban J connectivity index is 0.00000256. The fourth-order valence-corrected chi connectivity index (χ4v) is 4.23. The summed E-state index contributed by atoms with van der Waals surface area (Å²) in [6.07, 6.45) is 4.89. The van der Waals surface area contributed by atoms with Crippen LogP contribution in [-0.4, -0.2) is 61.4 Å². The molecular weight excluding hydrogens is 498 g/mol. The van der Waals surface area contributed by atoms with Crippen LogP contribution >= 0.6 is 24.0 Å². The monoisotopic (exact) mass is 526 g/mol. The van der Waals surface area contributed by atoms with Gasteiger partial charge in [0.1, 0.15) is 5.82 Å². The quantitative estimate of drug-likeness (QED) is 0.377. The van der Waals surface area contributed by atoms with Gasteiger partial charge in [0.05, 0.1) is 6.26 Å². The van der Waals surface area contributed by atoms with E-state index in [9.17, 15) is 9.18 Å². The standard InChI is InChI=1S/C22H27FN4O2.HI/c1-24-21(25-16-22(9-3-10-22)17-5-7-18(23)8-6-17)27-13-11-26(12-14-27)20(28)19-4-2-15-29-19;/h2,4-8,15H,3,9-14,16H2,1H3,(H,24,25);1H. The minimum atomic E-state index is -0.200. The van der Waals surface area contributed by atoms with Crippen molar-refractivity contribution in [2.24, 2.45) is 4.99 Å². The second kappa shape index (κ2) is 9.80. The van der Waals surface area contributed by atoms with Gasteiger partial charge >= 0.3 is 0 Å². The van der Waals surface area contributed by atoms with Crippen LogP contribution in [0.3, 0.4) is 0 Å². The summed E-state index contributed by atoms with van der Waals surface area (Å²) in [6.45, 7) is 3.47. The second-order valence-electron chi connectivity index (χ2n) is 7.80. The van der Waals surface area contributed by atoms with Crippen molar-refractivity contribution >= 4 is 35.8 Å². The van der Waals surface area contributed by atoms with Crippen molar-refractivity contribution in [3.8, 4) is 0 Å². The summed E-state index contributed by atoms with van der Waals surface area (Å²) in [5.41, 5.74) is 1.22. The molecule has 1 aliphatic carbocycles. The van der Waals surface area contributed by atoms with Gasteiger partial charge in [-0.05, 0) is 42.7 Å². The summed E-state index contributed by atoms with van der Waals surface area (Å²) in [4.78, 5) is 20.9. The Kier molecular flexibility index (Phi) is 7.38. The van der Waals surface area contributed by atoms with E-state index >= 15 is 0 Å². The molecule has 1 aliphatic heterocycles. The first-order chi connectivity index (χ1) is 14.1. The van der Waals surface area contributed by atoms with Crippen molar-refractivity contribution in [1.82, 2.24) is 15.1 Å². The van der Waals surface area contributed by atoms with E-state index < -0.39 is 0 Å². The lowest BCUT2D eigenvalue weighted by Gasteiger charge is -2.44. The van der Waals surface area contributed by atoms with Crippen LogP contribution in [0.4, 0.5) is 4.39 Å². The first kappa shape index (κ1) is 22.6. The lowest BCUT2D eigenvalue weighted by molar-refractivity contribution is 0.0657. The third-order valence-electron chi connectivity index (χ3n) is 6.16. The number of aliphatic imine (C=N–C) groups is 1. The number of carbonyl (C=O) groups excluding carboxylic acids is 1. The molecule has 1 N–H and O–H groups in total. The Morgan fingerprint density at radius 2 is 1.80 bits per heavy atom. The predicted molar refractivity (Wildman–Crippen MR) is 125 cm³/mol. The van der Waals surface area contributed by atoms with Gasteiger partial charge in [0.15, 0.2) is 11.7 Å². The molecule has 2 fully saturated rings. The highest BCUT2D eigenvalue weighted by atomic mass is 127. The van der Waals surface area contributed by atoms with Crippen LogP contribution in [0.25, 0.3) is 0 Å². The van der Waals surface area contributed by atoms with Gasteiger partial charge in [-0.1, -0.05) is 18.6 Å². The number of nitrogens with zero attached hydrogens (tertiary/aromatic N) is 3. The maximum absolute atomic E-state index is 13.3. The number of piperazine rings is 1. The van der Waals surface area contributed by atoms with Crippen LogP contribution in [0.15, 0.2) is 52.1 Å². The van der Waals surface area contributed by atoms with Crippen LogP contribution in [-0.2, 0) is 5.41 Å². The number of carbonyl (C=O) groups is 1. The average molecular weight is 526 g/mol. The first-order valence-electron chi connectivity index (χ1n) is 10.2. The lowest BCUT2D eigenvalue weighted by Crippen LogP contribution is -2.56. The fourth-order valence-electron chi connectivity index (χ4n) is 4.23. The highest BCUT2D eigenvalue weighted by Gasteiger charge is 2.39. The molecule has 0 radical (unpaired) electrons. The third kappa shape index (κ3) is 4.63. The fraction of sp³-hybridized carbons (Fsp3) is 0.455. The number of hydrogen-bond acceptors (Lipinski definition) is 3. The summed E-state index contributed by atoms with van der Waals surface area (Å²) in [5.74, 6) is 0.965. The summed E-state index contributed by atoms with van der Waals surface area (Å²) in [6, 6.07) is 10.3. The second-order valence-corrected chi connectivity index (χ2v) is 7.80. The van der Waals surface area contributed by atoms with E-state index in [0.29, 0.717) is 18.8 Å². The average Bonchev–Trinajstić information content (AvgIpc) is 3.26. The molecule has 0 unspecified atom stereocenters. The largest absolute Gasteiger partial charge is 0.459 e. The minimum absolute atomic E-state index is 0. The van der Waals surface area contributed by atoms with Crippen molar-refractivity contribution in [3.05, 3.63) is 59.8 Å². The third-order valence-corrected chi connectivity index (χ3v) is 6.16. The zero-order valence-electron chi connectivity index (χ0n) is 17.1. The maximum Gasteiger partial charge on any atom is 0.289 e. The van der Waals surface area contributed by atoms with E-state index in [0.717, 1.165) is 38.4 Å². The van der Waals surface area contributed by atoms with E-state index in [1.807, 2.05) is 17.0 Å². The van der Waals surface area contributed by atoms with E-state index in [-0.39, 0.29) is 41.1 Å². The highest BCUT2D eigenvalue weighted by molar-refractivity contribution is 14.0. The molecule has 162 valence electrons.